The van der Waals surface area contributed by atoms with Gasteiger partial charge in [0.05, 0.1) is 35.2 Å². The van der Waals surface area contributed by atoms with Gasteiger partial charge >= 0.3 is 0 Å². The van der Waals surface area contributed by atoms with E-state index in [1.165, 1.54) is 0 Å². The molecule has 2 aromatic carbocycles. The van der Waals surface area contributed by atoms with Crippen molar-refractivity contribution in [2.75, 3.05) is 31.1 Å². The Morgan fingerprint density at radius 3 is 2.58 bits per heavy atom. The number of hydrogen-bond acceptors (Lipinski definition) is 4. The molecule has 1 aromatic heterocycles. The number of imidazole rings is 1. The highest BCUT2D eigenvalue weighted by Crippen LogP contribution is 2.30. The minimum absolute atomic E-state index is 0.108. The van der Waals surface area contributed by atoms with Crippen LogP contribution in [0.5, 0.6) is 0 Å². The SMILES string of the molecule is Cc1cc(N2CCCC2)c(F)cc1CN1CCC(O)(Cn2cnc3ccccc32)CC1. The lowest BCUT2D eigenvalue weighted by Crippen LogP contribution is -2.46. The molecule has 0 bridgehead atoms. The highest BCUT2D eigenvalue weighted by atomic mass is 19.1. The van der Waals surface area contributed by atoms with Gasteiger partial charge in [0.2, 0.25) is 0 Å². The van der Waals surface area contributed by atoms with Crippen LogP contribution in [-0.4, -0.2) is 51.3 Å². The fraction of sp³-hybridized carbons (Fsp3) is 0.480. The van der Waals surface area contributed by atoms with E-state index in [2.05, 4.69) is 26.3 Å². The maximum atomic E-state index is 14.8. The van der Waals surface area contributed by atoms with Crippen molar-refractivity contribution in [1.29, 1.82) is 0 Å². The van der Waals surface area contributed by atoms with Crippen molar-refractivity contribution in [3.8, 4) is 0 Å². The Labute approximate surface area is 183 Å². The molecule has 2 saturated heterocycles. The number of rotatable bonds is 5. The van der Waals surface area contributed by atoms with E-state index in [0.717, 1.165) is 73.4 Å². The molecule has 164 valence electrons. The highest BCUT2D eigenvalue weighted by molar-refractivity contribution is 5.74. The average molecular weight is 423 g/mol. The Morgan fingerprint density at radius 1 is 1.06 bits per heavy atom. The lowest BCUT2D eigenvalue weighted by Gasteiger charge is -2.38. The summed E-state index contributed by atoms with van der Waals surface area (Å²) < 4.78 is 16.8. The molecule has 0 unspecified atom stereocenters. The molecule has 3 heterocycles. The number of anilines is 1. The molecule has 0 saturated carbocycles. The van der Waals surface area contributed by atoms with Gasteiger partial charge < -0.3 is 14.6 Å². The van der Waals surface area contributed by atoms with Crippen LogP contribution in [0.25, 0.3) is 11.0 Å². The number of aromatic nitrogens is 2. The normalized spacial score (nSPS) is 19.4. The third-order valence-electron chi connectivity index (χ3n) is 7.02. The summed E-state index contributed by atoms with van der Waals surface area (Å²) in [5.41, 5.74) is 4.22. The summed E-state index contributed by atoms with van der Waals surface area (Å²) in [7, 11) is 0. The lowest BCUT2D eigenvalue weighted by atomic mass is 9.90. The molecule has 1 N–H and O–H groups in total. The first-order valence-electron chi connectivity index (χ1n) is 11.4. The summed E-state index contributed by atoms with van der Waals surface area (Å²) in [6.45, 7) is 6.88. The minimum atomic E-state index is -0.736. The highest BCUT2D eigenvalue weighted by Gasteiger charge is 2.33. The number of aliphatic hydroxyl groups is 1. The van der Waals surface area contributed by atoms with Crippen molar-refractivity contribution < 1.29 is 9.50 Å². The molecular formula is C25H31FN4O. The Morgan fingerprint density at radius 2 is 1.81 bits per heavy atom. The van der Waals surface area contributed by atoms with Crippen molar-refractivity contribution >= 4 is 16.7 Å². The van der Waals surface area contributed by atoms with Crippen LogP contribution < -0.4 is 4.90 Å². The maximum absolute atomic E-state index is 14.8. The Balaban J connectivity index is 1.23. The third-order valence-corrected chi connectivity index (χ3v) is 7.02. The number of fused-ring (bicyclic) bond motifs is 1. The standard InChI is InChI=1S/C25H31FN4O/c1-19-14-24(29-10-4-5-11-29)21(26)15-20(19)16-28-12-8-25(31,9-13-28)17-30-18-27-22-6-2-3-7-23(22)30/h2-3,6-7,14-15,18,31H,4-5,8-13,16-17H2,1H3. The predicted octanol–water partition coefficient (Wildman–Crippen LogP) is 4.11. The van der Waals surface area contributed by atoms with Gasteiger partial charge in [-0.15, -0.1) is 0 Å². The van der Waals surface area contributed by atoms with Crippen molar-refractivity contribution in [3.05, 3.63) is 59.7 Å². The van der Waals surface area contributed by atoms with Crippen molar-refractivity contribution in [2.24, 2.45) is 0 Å². The summed E-state index contributed by atoms with van der Waals surface area (Å²) >= 11 is 0. The maximum Gasteiger partial charge on any atom is 0.146 e. The van der Waals surface area contributed by atoms with Crippen LogP contribution in [0, 0.1) is 12.7 Å². The molecule has 0 atom stereocenters. The van der Waals surface area contributed by atoms with E-state index < -0.39 is 5.60 Å². The van der Waals surface area contributed by atoms with Crippen LogP contribution >= 0.6 is 0 Å². The van der Waals surface area contributed by atoms with Crippen LogP contribution in [0.1, 0.15) is 36.8 Å². The van der Waals surface area contributed by atoms with Gasteiger partial charge in [0.25, 0.3) is 0 Å². The van der Waals surface area contributed by atoms with E-state index in [-0.39, 0.29) is 5.82 Å². The second-order valence-corrected chi connectivity index (χ2v) is 9.29. The molecule has 6 heteroatoms. The Kier molecular flexibility index (Phi) is 5.44. The number of nitrogens with zero attached hydrogens (tertiary/aromatic N) is 4. The smallest absolute Gasteiger partial charge is 0.146 e. The zero-order valence-corrected chi connectivity index (χ0v) is 18.2. The molecule has 0 aliphatic carbocycles. The quantitative estimate of drug-likeness (QED) is 0.672. The summed E-state index contributed by atoms with van der Waals surface area (Å²) in [6.07, 6.45) is 5.51. The van der Waals surface area contributed by atoms with Crippen molar-refractivity contribution in [3.63, 3.8) is 0 Å². The molecule has 0 radical (unpaired) electrons. The Hall–Kier alpha value is -2.44. The summed E-state index contributed by atoms with van der Waals surface area (Å²) in [5, 5.41) is 11.2. The van der Waals surface area contributed by atoms with E-state index in [9.17, 15) is 9.50 Å². The molecule has 2 aliphatic heterocycles. The van der Waals surface area contributed by atoms with E-state index >= 15 is 0 Å². The summed E-state index contributed by atoms with van der Waals surface area (Å²) in [6, 6.07) is 11.8. The van der Waals surface area contributed by atoms with Gasteiger partial charge in [0, 0.05) is 32.7 Å². The molecule has 31 heavy (non-hydrogen) atoms. The number of hydrogen-bond donors (Lipinski definition) is 1. The van der Waals surface area contributed by atoms with E-state index in [1.54, 1.807) is 6.07 Å². The molecule has 3 aromatic rings. The van der Waals surface area contributed by atoms with E-state index in [4.69, 9.17) is 0 Å². The number of aryl methyl sites for hydroxylation is 1. The molecule has 2 aliphatic rings. The van der Waals surface area contributed by atoms with Crippen molar-refractivity contribution in [1.82, 2.24) is 14.5 Å². The fourth-order valence-electron chi connectivity index (χ4n) is 5.06. The second kappa shape index (κ2) is 8.24. The van der Waals surface area contributed by atoms with Crippen LogP contribution in [0.2, 0.25) is 0 Å². The van der Waals surface area contributed by atoms with Crippen LogP contribution in [0.4, 0.5) is 10.1 Å². The third kappa shape index (κ3) is 4.19. The van der Waals surface area contributed by atoms with Gasteiger partial charge in [-0.1, -0.05) is 12.1 Å². The number of halogens is 1. The second-order valence-electron chi connectivity index (χ2n) is 9.29. The van der Waals surface area contributed by atoms with Gasteiger partial charge in [0.15, 0.2) is 0 Å². The summed E-state index contributed by atoms with van der Waals surface area (Å²) in [4.78, 5) is 8.93. The minimum Gasteiger partial charge on any atom is -0.388 e. The van der Waals surface area contributed by atoms with Crippen molar-refractivity contribution in [2.45, 2.75) is 51.3 Å². The molecule has 5 nitrogen and oxygen atoms in total. The van der Waals surface area contributed by atoms with Gasteiger partial charge in [-0.05, 0) is 68.0 Å². The topological polar surface area (TPSA) is 44.5 Å². The van der Waals surface area contributed by atoms with Gasteiger partial charge in [-0.25, -0.2) is 9.37 Å². The summed E-state index contributed by atoms with van der Waals surface area (Å²) in [5.74, 6) is -0.108. The van der Waals surface area contributed by atoms with E-state index in [1.807, 2.05) is 36.7 Å². The molecule has 2 fully saturated rings. The van der Waals surface area contributed by atoms with Crippen LogP contribution in [0.3, 0.4) is 0 Å². The average Bonchev–Trinajstić information content (AvgIpc) is 3.43. The zero-order chi connectivity index (χ0) is 21.4. The van der Waals surface area contributed by atoms with Crippen LogP contribution in [0.15, 0.2) is 42.7 Å². The van der Waals surface area contributed by atoms with Crippen LogP contribution in [-0.2, 0) is 13.1 Å². The first-order valence-corrected chi connectivity index (χ1v) is 11.4. The fourth-order valence-corrected chi connectivity index (χ4v) is 5.06. The first kappa shape index (κ1) is 20.5. The number of benzene rings is 2. The molecule has 0 amide bonds. The number of piperidine rings is 1. The first-order chi connectivity index (χ1) is 15.0. The largest absolute Gasteiger partial charge is 0.388 e. The predicted molar refractivity (Wildman–Crippen MR) is 122 cm³/mol. The molecule has 5 rings (SSSR count). The van der Waals surface area contributed by atoms with Gasteiger partial charge in [-0.3, -0.25) is 4.90 Å². The number of para-hydroxylation sites is 2. The zero-order valence-electron chi connectivity index (χ0n) is 18.2. The number of likely N-dealkylation sites (tertiary alicyclic amines) is 1. The van der Waals surface area contributed by atoms with Gasteiger partial charge in [-0.2, -0.15) is 0 Å². The van der Waals surface area contributed by atoms with E-state index in [0.29, 0.717) is 19.4 Å². The molecule has 0 spiro atoms. The lowest BCUT2D eigenvalue weighted by molar-refractivity contribution is -0.0350. The Bertz CT molecular complexity index is 1060. The molecular weight excluding hydrogens is 391 g/mol. The monoisotopic (exact) mass is 422 g/mol. The van der Waals surface area contributed by atoms with Gasteiger partial charge in [0.1, 0.15) is 5.82 Å².